The van der Waals surface area contributed by atoms with Crippen LogP contribution in [-0.2, 0) is 4.74 Å². The Bertz CT molecular complexity index is 617. The van der Waals surface area contributed by atoms with Gasteiger partial charge in [-0.3, -0.25) is 0 Å². The lowest BCUT2D eigenvalue weighted by Gasteiger charge is -2.21. The van der Waals surface area contributed by atoms with E-state index in [2.05, 4.69) is 33.8 Å². The van der Waals surface area contributed by atoms with Gasteiger partial charge in [0.1, 0.15) is 0 Å². The quantitative estimate of drug-likeness (QED) is 0.839. The number of carbonyl (C=O) groups excluding carboxylic acids is 1. The molecule has 2 N–H and O–H groups in total. The average Bonchev–Trinajstić information content (AvgIpc) is 2.90. The predicted octanol–water partition coefficient (Wildman–Crippen LogP) is 1.48. The van der Waals surface area contributed by atoms with Crippen molar-refractivity contribution in [3.63, 3.8) is 0 Å². The maximum atomic E-state index is 11.5. The predicted molar refractivity (Wildman–Crippen MR) is 80.7 cm³/mol. The molecule has 0 bridgehead atoms. The van der Waals surface area contributed by atoms with Crippen molar-refractivity contribution in [2.75, 3.05) is 30.8 Å². The van der Waals surface area contributed by atoms with Crippen LogP contribution in [0.25, 0.3) is 5.69 Å². The standard InChI is InChI=1S/C14H19N5O2/c1-4-18(5-2)10-6-8-11(9-7-10)19-13(15)12(16-17-19)14(20)21-3/h6-9H,4-5,15H2,1-3H3. The maximum absolute atomic E-state index is 11.5. The molecule has 0 radical (unpaired) electrons. The Kier molecular flexibility index (Phi) is 4.42. The SMILES string of the molecule is CCN(CC)c1ccc(-n2nnc(C(=O)OC)c2N)cc1. The number of methoxy groups -OCH3 is 1. The number of rotatable bonds is 5. The molecule has 7 heteroatoms. The number of esters is 1. The number of nitrogen functional groups attached to an aromatic ring is 1. The van der Waals surface area contributed by atoms with E-state index in [9.17, 15) is 4.79 Å². The molecule has 0 fully saturated rings. The number of hydrogen-bond acceptors (Lipinski definition) is 6. The summed E-state index contributed by atoms with van der Waals surface area (Å²) in [5, 5.41) is 7.65. The van der Waals surface area contributed by atoms with Crippen LogP contribution in [0.3, 0.4) is 0 Å². The van der Waals surface area contributed by atoms with Crippen LogP contribution in [-0.4, -0.2) is 41.2 Å². The molecule has 0 aliphatic rings. The van der Waals surface area contributed by atoms with Gasteiger partial charge in [0.2, 0.25) is 5.69 Å². The first-order valence-electron chi connectivity index (χ1n) is 6.77. The van der Waals surface area contributed by atoms with Gasteiger partial charge in [-0.1, -0.05) is 5.21 Å². The molecule has 2 rings (SSSR count). The molecule has 1 aromatic carbocycles. The van der Waals surface area contributed by atoms with Crippen molar-refractivity contribution >= 4 is 17.5 Å². The van der Waals surface area contributed by atoms with E-state index >= 15 is 0 Å². The molecular weight excluding hydrogens is 270 g/mol. The van der Waals surface area contributed by atoms with Gasteiger partial charge in [0, 0.05) is 18.8 Å². The maximum Gasteiger partial charge on any atom is 0.362 e. The molecule has 0 atom stereocenters. The molecule has 1 aromatic heterocycles. The highest BCUT2D eigenvalue weighted by Gasteiger charge is 2.18. The Labute approximate surface area is 123 Å². The first-order valence-corrected chi connectivity index (χ1v) is 6.77. The summed E-state index contributed by atoms with van der Waals surface area (Å²) in [7, 11) is 1.28. The van der Waals surface area contributed by atoms with Crippen molar-refractivity contribution in [1.82, 2.24) is 15.0 Å². The Morgan fingerprint density at radius 2 is 1.90 bits per heavy atom. The minimum Gasteiger partial charge on any atom is -0.464 e. The van der Waals surface area contributed by atoms with E-state index in [0.717, 1.165) is 24.5 Å². The molecule has 0 aliphatic heterocycles. The van der Waals surface area contributed by atoms with Gasteiger partial charge in [0.25, 0.3) is 0 Å². The Morgan fingerprint density at radius 1 is 1.29 bits per heavy atom. The molecule has 0 spiro atoms. The van der Waals surface area contributed by atoms with Gasteiger partial charge in [0.05, 0.1) is 12.8 Å². The molecule has 0 unspecified atom stereocenters. The number of aromatic nitrogens is 3. The van der Waals surface area contributed by atoms with Gasteiger partial charge in [-0.15, -0.1) is 5.10 Å². The first kappa shape index (κ1) is 14.8. The van der Waals surface area contributed by atoms with Gasteiger partial charge in [-0.2, -0.15) is 4.68 Å². The lowest BCUT2D eigenvalue weighted by atomic mass is 10.2. The Balaban J connectivity index is 2.31. The monoisotopic (exact) mass is 289 g/mol. The van der Waals surface area contributed by atoms with Crippen molar-refractivity contribution < 1.29 is 9.53 Å². The van der Waals surface area contributed by atoms with Crippen LogP contribution < -0.4 is 10.6 Å². The highest BCUT2D eigenvalue weighted by molar-refractivity contribution is 5.92. The number of hydrogen-bond donors (Lipinski definition) is 1. The van der Waals surface area contributed by atoms with E-state index in [1.807, 2.05) is 24.3 Å². The topological polar surface area (TPSA) is 86.3 Å². The highest BCUT2D eigenvalue weighted by atomic mass is 16.5. The molecule has 0 aliphatic carbocycles. The van der Waals surface area contributed by atoms with E-state index in [1.54, 1.807) is 0 Å². The lowest BCUT2D eigenvalue weighted by molar-refractivity contribution is 0.0595. The van der Waals surface area contributed by atoms with Crippen LogP contribution in [0.5, 0.6) is 0 Å². The van der Waals surface area contributed by atoms with E-state index in [-0.39, 0.29) is 11.5 Å². The van der Waals surface area contributed by atoms with E-state index in [4.69, 9.17) is 5.73 Å². The van der Waals surface area contributed by atoms with Crippen molar-refractivity contribution in [2.24, 2.45) is 0 Å². The van der Waals surface area contributed by atoms with E-state index < -0.39 is 5.97 Å². The minimum atomic E-state index is -0.599. The average molecular weight is 289 g/mol. The molecule has 112 valence electrons. The molecular formula is C14H19N5O2. The van der Waals surface area contributed by atoms with Gasteiger partial charge < -0.3 is 15.4 Å². The number of carbonyl (C=O) groups is 1. The first-order chi connectivity index (χ1) is 10.1. The van der Waals surface area contributed by atoms with Gasteiger partial charge in [-0.05, 0) is 38.1 Å². The summed E-state index contributed by atoms with van der Waals surface area (Å²) in [6.45, 7) is 6.09. The third-order valence-corrected chi connectivity index (χ3v) is 3.31. The van der Waals surface area contributed by atoms with Crippen LogP contribution >= 0.6 is 0 Å². The number of nitrogens with two attached hydrogens (primary N) is 1. The van der Waals surface area contributed by atoms with Crippen LogP contribution in [0.2, 0.25) is 0 Å². The van der Waals surface area contributed by atoms with Crippen molar-refractivity contribution in [1.29, 1.82) is 0 Å². The van der Waals surface area contributed by atoms with Gasteiger partial charge in [0.15, 0.2) is 5.82 Å². The summed E-state index contributed by atoms with van der Waals surface area (Å²) < 4.78 is 6.02. The van der Waals surface area contributed by atoms with Gasteiger partial charge >= 0.3 is 5.97 Å². The Morgan fingerprint density at radius 3 is 2.43 bits per heavy atom. The highest BCUT2D eigenvalue weighted by Crippen LogP contribution is 2.20. The zero-order valence-corrected chi connectivity index (χ0v) is 12.4. The van der Waals surface area contributed by atoms with Crippen molar-refractivity contribution in [3.05, 3.63) is 30.0 Å². The zero-order chi connectivity index (χ0) is 15.4. The molecule has 21 heavy (non-hydrogen) atoms. The van der Waals surface area contributed by atoms with Crippen LogP contribution in [0, 0.1) is 0 Å². The minimum absolute atomic E-state index is 0.0188. The van der Waals surface area contributed by atoms with Crippen LogP contribution in [0.15, 0.2) is 24.3 Å². The zero-order valence-electron chi connectivity index (χ0n) is 12.4. The van der Waals surface area contributed by atoms with Crippen LogP contribution in [0.1, 0.15) is 24.3 Å². The Hall–Kier alpha value is -2.57. The second kappa shape index (κ2) is 6.25. The molecule has 7 nitrogen and oxygen atoms in total. The van der Waals surface area contributed by atoms with Crippen LogP contribution in [0.4, 0.5) is 11.5 Å². The smallest absolute Gasteiger partial charge is 0.362 e. The summed E-state index contributed by atoms with van der Waals surface area (Å²) in [4.78, 5) is 13.7. The second-order valence-electron chi connectivity index (χ2n) is 4.42. The van der Waals surface area contributed by atoms with Crippen molar-refractivity contribution in [2.45, 2.75) is 13.8 Å². The number of benzene rings is 1. The van der Waals surface area contributed by atoms with Crippen molar-refractivity contribution in [3.8, 4) is 5.69 Å². The largest absolute Gasteiger partial charge is 0.464 e. The van der Waals surface area contributed by atoms with E-state index in [0.29, 0.717) is 0 Å². The second-order valence-corrected chi connectivity index (χ2v) is 4.42. The summed E-state index contributed by atoms with van der Waals surface area (Å²) in [5.41, 5.74) is 7.77. The summed E-state index contributed by atoms with van der Waals surface area (Å²) in [6.07, 6.45) is 0. The number of ether oxygens (including phenoxy) is 1. The normalized spacial score (nSPS) is 10.4. The number of nitrogens with zero attached hydrogens (tertiary/aromatic N) is 4. The fourth-order valence-corrected chi connectivity index (χ4v) is 2.12. The molecule has 2 aromatic rings. The fourth-order valence-electron chi connectivity index (χ4n) is 2.12. The molecule has 1 heterocycles. The third-order valence-electron chi connectivity index (χ3n) is 3.31. The lowest BCUT2D eigenvalue weighted by Crippen LogP contribution is -2.21. The van der Waals surface area contributed by atoms with E-state index in [1.165, 1.54) is 11.8 Å². The summed E-state index contributed by atoms with van der Waals surface area (Å²) in [5.74, 6) is -0.434. The summed E-state index contributed by atoms with van der Waals surface area (Å²) in [6, 6.07) is 7.75. The molecule has 0 saturated carbocycles. The number of anilines is 2. The molecule has 0 saturated heterocycles. The third kappa shape index (κ3) is 2.81. The van der Waals surface area contributed by atoms with Gasteiger partial charge in [-0.25, -0.2) is 4.79 Å². The molecule has 0 amide bonds. The fraction of sp³-hybridized carbons (Fsp3) is 0.357. The summed E-state index contributed by atoms with van der Waals surface area (Å²) >= 11 is 0.